The highest BCUT2D eigenvalue weighted by atomic mass is 16.1. The van der Waals surface area contributed by atoms with Gasteiger partial charge in [-0.25, -0.2) is 0 Å². The van der Waals surface area contributed by atoms with Crippen LogP contribution >= 0.6 is 0 Å². The second-order valence-electron chi connectivity index (χ2n) is 3.80. The van der Waals surface area contributed by atoms with Gasteiger partial charge < -0.3 is 0 Å². The Morgan fingerprint density at radius 2 is 2.18 bits per heavy atom. The van der Waals surface area contributed by atoms with Crippen LogP contribution in [0.5, 0.6) is 0 Å². The molecule has 0 spiro atoms. The van der Waals surface area contributed by atoms with Crippen molar-refractivity contribution in [2.75, 3.05) is 13.6 Å². The van der Waals surface area contributed by atoms with Gasteiger partial charge in [-0.05, 0) is 19.4 Å². The third kappa shape index (κ3) is 2.03. The third-order valence-corrected chi connectivity index (χ3v) is 2.48. The first-order valence-electron chi connectivity index (χ1n) is 4.33. The molecule has 1 saturated heterocycles. The monoisotopic (exact) mass is 155 g/mol. The summed E-state index contributed by atoms with van der Waals surface area (Å²) < 4.78 is 0. The number of hydrogen-bond donors (Lipinski definition) is 0. The molecule has 0 radical (unpaired) electrons. The average Bonchev–Trinajstić information content (AvgIpc) is 1.85. The second-order valence-corrected chi connectivity index (χ2v) is 3.80. The first kappa shape index (κ1) is 8.72. The van der Waals surface area contributed by atoms with Crippen LogP contribution in [0.3, 0.4) is 0 Å². The summed E-state index contributed by atoms with van der Waals surface area (Å²) >= 11 is 0. The number of likely N-dealkylation sites (N-methyl/N-ethyl adjacent to an activating group) is 1. The molecule has 1 unspecified atom stereocenters. The lowest BCUT2D eigenvalue weighted by Crippen LogP contribution is -2.43. The van der Waals surface area contributed by atoms with Gasteiger partial charge in [-0.3, -0.25) is 9.69 Å². The molecule has 1 atom stereocenters. The van der Waals surface area contributed by atoms with Crippen LogP contribution in [0.25, 0.3) is 0 Å². The fraction of sp³-hybridized carbons (Fsp3) is 0.889. The molecule has 0 saturated carbocycles. The molecule has 2 heteroatoms. The topological polar surface area (TPSA) is 20.3 Å². The SMILES string of the molecule is CC(C)C1CCC(=O)CN1C. The number of carbonyl (C=O) groups excluding carboxylic acids is 1. The summed E-state index contributed by atoms with van der Waals surface area (Å²) in [5.41, 5.74) is 0. The number of carbonyl (C=O) groups is 1. The van der Waals surface area contributed by atoms with E-state index in [1.807, 2.05) is 7.05 Å². The molecule has 11 heavy (non-hydrogen) atoms. The van der Waals surface area contributed by atoms with E-state index in [9.17, 15) is 4.79 Å². The number of ketones is 1. The minimum absolute atomic E-state index is 0.393. The minimum atomic E-state index is 0.393. The van der Waals surface area contributed by atoms with Crippen molar-refractivity contribution in [3.05, 3.63) is 0 Å². The predicted molar refractivity (Wildman–Crippen MR) is 45.5 cm³/mol. The molecular weight excluding hydrogens is 138 g/mol. The Balaban J connectivity index is 2.50. The molecule has 2 nitrogen and oxygen atoms in total. The Labute approximate surface area is 68.6 Å². The zero-order valence-electron chi connectivity index (χ0n) is 7.63. The molecule has 1 fully saturated rings. The van der Waals surface area contributed by atoms with Gasteiger partial charge in [-0.2, -0.15) is 0 Å². The van der Waals surface area contributed by atoms with Crippen LogP contribution in [0.15, 0.2) is 0 Å². The van der Waals surface area contributed by atoms with Gasteiger partial charge in [-0.1, -0.05) is 13.8 Å². The molecule has 0 aromatic carbocycles. The fourth-order valence-corrected chi connectivity index (χ4v) is 1.85. The molecule has 1 aliphatic heterocycles. The van der Waals surface area contributed by atoms with Crippen LogP contribution in [0.4, 0.5) is 0 Å². The highest BCUT2D eigenvalue weighted by molar-refractivity contribution is 5.81. The lowest BCUT2D eigenvalue weighted by molar-refractivity contribution is -0.123. The summed E-state index contributed by atoms with van der Waals surface area (Å²) in [7, 11) is 2.04. The lowest BCUT2D eigenvalue weighted by atomic mass is 9.93. The van der Waals surface area contributed by atoms with Crippen molar-refractivity contribution < 1.29 is 4.79 Å². The van der Waals surface area contributed by atoms with Gasteiger partial charge in [0.15, 0.2) is 0 Å². The first-order chi connectivity index (χ1) is 5.11. The zero-order valence-corrected chi connectivity index (χ0v) is 7.63. The van der Waals surface area contributed by atoms with E-state index in [0.29, 0.717) is 24.3 Å². The summed E-state index contributed by atoms with van der Waals surface area (Å²) in [6, 6.07) is 0.618. The van der Waals surface area contributed by atoms with E-state index >= 15 is 0 Å². The van der Waals surface area contributed by atoms with Crippen LogP contribution in [0.2, 0.25) is 0 Å². The molecule has 1 aliphatic rings. The van der Waals surface area contributed by atoms with Crippen molar-refractivity contribution in [3.63, 3.8) is 0 Å². The highest BCUT2D eigenvalue weighted by Gasteiger charge is 2.25. The molecule has 0 N–H and O–H groups in total. The quantitative estimate of drug-likeness (QED) is 0.569. The average molecular weight is 155 g/mol. The maximum absolute atomic E-state index is 11.0. The van der Waals surface area contributed by atoms with Gasteiger partial charge in [-0.15, -0.1) is 0 Å². The first-order valence-corrected chi connectivity index (χ1v) is 4.33. The third-order valence-electron chi connectivity index (χ3n) is 2.48. The summed E-state index contributed by atoms with van der Waals surface area (Å²) in [5, 5.41) is 0. The second kappa shape index (κ2) is 3.35. The Bertz CT molecular complexity index is 154. The Morgan fingerprint density at radius 3 is 2.64 bits per heavy atom. The number of nitrogens with zero attached hydrogens (tertiary/aromatic N) is 1. The van der Waals surface area contributed by atoms with Crippen LogP contribution in [-0.4, -0.2) is 30.3 Å². The van der Waals surface area contributed by atoms with Crippen LogP contribution < -0.4 is 0 Å². The predicted octanol–water partition coefficient (Wildman–Crippen LogP) is 1.31. The van der Waals surface area contributed by atoms with Crippen LogP contribution in [0, 0.1) is 5.92 Å². The molecule has 0 aromatic rings. The van der Waals surface area contributed by atoms with Gasteiger partial charge >= 0.3 is 0 Å². The van der Waals surface area contributed by atoms with Crippen molar-refractivity contribution in [1.29, 1.82) is 0 Å². The normalized spacial score (nSPS) is 28.0. The van der Waals surface area contributed by atoms with Crippen molar-refractivity contribution >= 4 is 5.78 Å². The Morgan fingerprint density at radius 1 is 1.55 bits per heavy atom. The van der Waals surface area contributed by atoms with Gasteiger partial charge in [0, 0.05) is 12.5 Å². The molecule has 0 amide bonds. The van der Waals surface area contributed by atoms with Crippen molar-refractivity contribution in [1.82, 2.24) is 4.90 Å². The summed E-state index contributed by atoms with van der Waals surface area (Å²) in [6.07, 6.45) is 1.83. The maximum atomic E-state index is 11.0. The van der Waals surface area contributed by atoms with Crippen molar-refractivity contribution in [2.24, 2.45) is 5.92 Å². The molecule has 0 bridgehead atoms. The van der Waals surface area contributed by atoms with E-state index < -0.39 is 0 Å². The summed E-state index contributed by atoms with van der Waals surface area (Å²) in [6.45, 7) is 5.09. The lowest BCUT2D eigenvalue weighted by Gasteiger charge is -2.34. The van der Waals surface area contributed by atoms with E-state index in [-0.39, 0.29) is 0 Å². The Hall–Kier alpha value is -0.370. The van der Waals surface area contributed by atoms with E-state index in [2.05, 4.69) is 18.7 Å². The standard InChI is InChI=1S/C9H17NO/c1-7(2)9-5-4-8(11)6-10(9)3/h7,9H,4-6H2,1-3H3. The number of rotatable bonds is 1. The smallest absolute Gasteiger partial charge is 0.146 e. The molecule has 1 rings (SSSR count). The van der Waals surface area contributed by atoms with Gasteiger partial charge in [0.2, 0.25) is 0 Å². The summed E-state index contributed by atoms with van der Waals surface area (Å²) in [5.74, 6) is 1.07. The van der Waals surface area contributed by atoms with E-state index in [4.69, 9.17) is 0 Å². The van der Waals surface area contributed by atoms with E-state index in [1.165, 1.54) is 0 Å². The van der Waals surface area contributed by atoms with E-state index in [0.717, 1.165) is 12.8 Å². The Kier molecular flexibility index (Phi) is 2.66. The minimum Gasteiger partial charge on any atom is -0.298 e. The molecule has 64 valence electrons. The molecule has 1 heterocycles. The van der Waals surface area contributed by atoms with Gasteiger partial charge in [0.25, 0.3) is 0 Å². The summed E-state index contributed by atoms with van der Waals surface area (Å²) in [4.78, 5) is 13.2. The maximum Gasteiger partial charge on any atom is 0.146 e. The van der Waals surface area contributed by atoms with Gasteiger partial charge in [0.05, 0.1) is 6.54 Å². The molecule has 0 aromatic heterocycles. The number of hydrogen-bond acceptors (Lipinski definition) is 2. The van der Waals surface area contributed by atoms with Crippen LogP contribution in [0.1, 0.15) is 26.7 Å². The van der Waals surface area contributed by atoms with Crippen molar-refractivity contribution in [3.8, 4) is 0 Å². The molecular formula is C9H17NO. The number of Topliss-reactive ketones (excluding diaryl/α,β-unsaturated/α-hetero) is 1. The van der Waals surface area contributed by atoms with Crippen LogP contribution in [-0.2, 0) is 4.79 Å². The largest absolute Gasteiger partial charge is 0.298 e. The number of likely N-dealkylation sites (tertiary alicyclic amines) is 1. The fourth-order valence-electron chi connectivity index (χ4n) is 1.85. The van der Waals surface area contributed by atoms with E-state index in [1.54, 1.807) is 0 Å². The van der Waals surface area contributed by atoms with Gasteiger partial charge in [0.1, 0.15) is 5.78 Å². The zero-order chi connectivity index (χ0) is 8.43. The number of piperidine rings is 1. The highest BCUT2D eigenvalue weighted by Crippen LogP contribution is 2.19. The van der Waals surface area contributed by atoms with Crippen molar-refractivity contribution in [2.45, 2.75) is 32.7 Å². The molecule has 0 aliphatic carbocycles.